The second-order valence-corrected chi connectivity index (χ2v) is 6.52. The van der Waals surface area contributed by atoms with Gasteiger partial charge in [-0.05, 0) is 24.3 Å². The van der Waals surface area contributed by atoms with Crippen molar-refractivity contribution in [1.29, 1.82) is 0 Å². The summed E-state index contributed by atoms with van der Waals surface area (Å²) in [4.78, 5) is 19.3. The fourth-order valence-corrected chi connectivity index (χ4v) is 2.79. The molecule has 0 radical (unpaired) electrons. The maximum Gasteiger partial charge on any atom is 0.280 e. The zero-order valence-corrected chi connectivity index (χ0v) is 13.8. The molecule has 4 N–H and O–H groups in total. The number of sulfone groups is 1. The van der Waals surface area contributed by atoms with Crippen molar-refractivity contribution in [3.8, 4) is 11.3 Å². The molecule has 0 fully saturated rings. The SMILES string of the molecule is CS(=O)(=O)c1cc(C(=O)N=C(N)N)ccc1-c1ccccn1.Cl. The smallest absolute Gasteiger partial charge is 0.280 e. The van der Waals surface area contributed by atoms with Crippen LogP contribution in [0.5, 0.6) is 0 Å². The number of aliphatic imine (C=N–C) groups is 1. The number of aromatic nitrogens is 1. The fourth-order valence-electron chi connectivity index (χ4n) is 1.88. The van der Waals surface area contributed by atoms with E-state index in [1.165, 1.54) is 18.2 Å². The van der Waals surface area contributed by atoms with Crippen molar-refractivity contribution < 1.29 is 13.2 Å². The molecule has 122 valence electrons. The number of guanidine groups is 1. The van der Waals surface area contributed by atoms with E-state index in [4.69, 9.17) is 11.5 Å². The molecule has 2 rings (SSSR count). The Balaban J connectivity index is 0.00000264. The van der Waals surface area contributed by atoms with Gasteiger partial charge >= 0.3 is 0 Å². The van der Waals surface area contributed by atoms with Crippen LogP contribution in [0.2, 0.25) is 0 Å². The van der Waals surface area contributed by atoms with Gasteiger partial charge in [-0.1, -0.05) is 12.1 Å². The van der Waals surface area contributed by atoms with E-state index < -0.39 is 15.7 Å². The van der Waals surface area contributed by atoms with Crippen molar-refractivity contribution in [1.82, 2.24) is 4.98 Å². The molecule has 9 heteroatoms. The van der Waals surface area contributed by atoms with E-state index in [-0.39, 0.29) is 28.8 Å². The Labute approximate surface area is 139 Å². The molecule has 0 saturated heterocycles. The van der Waals surface area contributed by atoms with Crippen LogP contribution in [0.25, 0.3) is 11.3 Å². The molecule has 0 bridgehead atoms. The molecule has 1 aromatic heterocycles. The summed E-state index contributed by atoms with van der Waals surface area (Å²) in [6.45, 7) is 0. The topological polar surface area (TPSA) is 128 Å². The number of hydrogen-bond donors (Lipinski definition) is 2. The Morgan fingerprint density at radius 1 is 1.17 bits per heavy atom. The third-order valence-electron chi connectivity index (χ3n) is 2.80. The van der Waals surface area contributed by atoms with Crippen LogP contribution >= 0.6 is 12.4 Å². The number of hydrogen-bond acceptors (Lipinski definition) is 4. The second-order valence-electron chi connectivity index (χ2n) is 4.54. The molecule has 0 saturated carbocycles. The maximum absolute atomic E-state index is 12.0. The molecule has 1 amide bonds. The predicted molar refractivity (Wildman–Crippen MR) is 90.2 cm³/mol. The summed E-state index contributed by atoms with van der Waals surface area (Å²) >= 11 is 0. The lowest BCUT2D eigenvalue weighted by Crippen LogP contribution is -2.24. The van der Waals surface area contributed by atoms with Crippen molar-refractivity contribution in [3.63, 3.8) is 0 Å². The first kappa shape index (κ1) is 18.6. The Hall–Kier alpha value is -2.45. The van der Waals surface area contributed by atoms with Gasteiger partial charge in [-0.3, -0.25) is 9.78 Å². The fraction of sp³-hybridized carbons (Fsp3) is 0.0714. The third-order valence-corrected chi connectivity index (χ3v) is 3.94. The van der Waals surface area contributed by atoms with Gasteiger partial charge in [0.25, 0.3) is 5.91 Å². The summed E-state index contributed by atoms with van der Waals surface area (Å²) in [7, 11) is -3.57. The molecular formula is C14H15ClN4O3S. The lowest BCUT2D eigenvalue weighted by atomic mass is 10.1. The van der Waals surface area contributed by atoms with Crippen LogP contribution in [-0.4, -0.2) is 31.5 Å². The van der Waals surface area contributed by atoms with E-state index in [2.05, 4.69) is 9.98 Å². The lowest BCUT2D eigenvalue weighted by molar-refractivity contribution is 0.100. The molecule has 0 spiro atoms. The van der Waals surface area contributed by atoms with E-state index in [0.717, 1.165) is 6.26 Å². The highest BCUT2D eigenvalue weighted by molar-refractivity contribution is 7.90. The molecule has 0 aliphatic heterocycles. The highest BCUT2D eigenvalue weighted by Gasteiger charge is 2.18. The van der Waals surface area contributed by atoms with Crippen LogP contribution in [-0.2, 0) is 9.84 Å². The predicted octanol–water partition coefficient (Wildman–Crippen LogP) is 0.988. The molecule has 1 heterocycles. The maximum atomic E-state index is 12.0. The number of amides is 1. The van der Waals surface area contributed by atoms with E-state index in [1.807, 2.05) is 0 Å². The number of pyridine rings is 1. The largest absolute Gasteiger partial charge is 0.370 e. The van der Waals surface area contributed by atoms with Crippen molar-refractivity contribution in [3.05, 3.63) is 48.2 Å². The average molecular weight is 355 g/mol. The first-order valence-electron chi connectivity index (χ1n) is 6.18. The van der Waals surface area contributed by atoms with Crippen molar-refractivity contribution in [2.24, 2.45) is 16.5 Å². The summed E-state index contributed by atoms with van der Waals surface area (Å²) in [5.74, 6) is -1.10. The number of carbonyl (C=O) groups is 1. The van der Waals surface area contributed by atoms with Crippen molar-refractivity contribution in [2.75, 3.05) is 6.26 Å². The highest BCUT2D eigenvalue weighted by Crippen LogP contribution is 2.27. The number of nitrogens with zero attached hydrogens (tertiary/aromatic N) is 2. The average Bonchev–Trinajstić information content (AvgIpc) is 2.46. The van der Waals surface area contributed by atoms with Crippen LogP contribution in [0, 0.1) is 0 Å². The second kappa shape index (κ2) is 7.21. The molecule has 23 heavy (non-hydrogen) atoms. The summed E-state index contributed by atoms with van der Waals surface area (Å²) in [6.07, 6.45) is 2.61. The first-order chi connectivity index (χ1) is 10.3. The molecular weight excluding hydrogens is 340 g/mol. The number of benzene rings is 1. The zero-order chi connectivity index (χ0) is 16.3. The van der Waals surface area contributed by atoms with Gasteiger partial charge in [0.15, 0.2) is 15.8 Å². The highest BCUT2D eigenvalue weighted by atomic mass is 35.5. The quantitative estimate of drug-likeness (QED) is 0.624. The normalized spacial score (nSPS) is 10.5. The molecule has 2 aromatic rings. The van der Waals surface area contributed by atoms with Gasteiger partial charge in [-0.25, -0.2) is 8.42 Å². The summed E-state index contributed by atoms with van der Waals surface area (Å²) < 4.78 is 24.0. The van der Waals surface area contributed by atoms with E-state index in [9.17, 15) is 13.2 Å². The van der Waals surface area contributed by atoms with Gasteiger partial charge in [0.05, 0.1) is 10.6 Å². The van der Waals surface area contributed by atoms with Gasteiger partial charge in [0.1, 0.15) is 0 Å². The molecule has 0 aliphatic rings. The minimum absolute atomic E-state index is 0. The minimum atomic E-state index is -3.57. The molecule has 0 aliphatic carbocycles. The van der Waals surface area contributed by atoms with Gasteiger partial charge < -0.3 is 11.5 Å². The molecule has 1 aromatic carbocycles. The Kier molecular flexibility index (Phi) is 5.83. The van der Waals surface area contributed by atoms with Gasteiger partial charge in [-0.15, -0.1) is 12.4 Å². The monoisotopic (exact) mass is 354 g/mol. The van der Waals surface area contributed by atoms with E-state index >= 15 is 0 Å². The van der Waals surface area contributed by atoms with Crippen LogP contribution in [0.3, 0.4) is 0 Å². The first-order valence-corrected chi connectivity index (χ1v) is 8.07. The molecule has 0 atom stereocenters. The molecule has 0 unspecified atom stereocenters. The summed E-state index contributed by atoms with van der Waals surface area (Å²) in [5, 5.41) is 0. The van der Waals surface area contributed by atoms with E-state index in [1.54, 1.807) is 24.4 Å². The Morgan fingerprint density at radius 2 is 1.87 bits per heavy atom. The van der Waals surface area contributed by atoms with Crippen molar-refractivity contribution >= 4 is 34.1 Å². The van der Waals surface area contributed by atoms with Crippen LogP contribution < -0.4 is 11.5 Å². The van der Waals surface area contributed by atoms with E-state index in [0.29, 0.717) is 11.3 Å². The van der Waals surface area contributed by atoms with Crippen LogP contribution in [0.15, 0.2) is 52.5 Å². The Bertz CT molecular complexity index is 848. The number of nitrogens with two attached hydrogens (primary N) is 2. The van der Waals surface area contributed by atoms with Gasteiger partial charge in [0.2, 0.25) is 0 Å². The minimum Gasteiger partial charge on any atom is -0.370 e. The number of rotatable bonds is 3. The zero-order valence-electron chi connectivity index (χ0n) is 12.1. The summed E-state index contributed by atoms with van der Waals surface area (Å²) in [6, 6.07) is 9.35. The number of halogens is 1. The number of carbonyl (C=O) groups excluding carboxylic acids is 1. The third kappa shape index (κ3) is 4.51. The lowest BCUT2D eigenvalue weighted by Gasteiger charge is -2.09. The van der Waals surface area contributed by atoms with Crippen molar-refractivity contribution in [2.45, 2.75) is 4.90 Å². The van der Waals surface area contributed by atoms with Gasteiger partial charge in [-0.2, -0.15) is 4.99 Å². The standard InChI is InChI=1S/C14H14N4O3S.ClH/c1-22(20,21)12-8-9(13(19)18-14(15)16)5-6-10(12)11-4-2-3-7-17-11;/h2-8H,1H3,(H4,15,16,18,19);1H. The van der Waals surface area contributed by atoms with Crippen LogP contribution in [0.4, 0.5) is 0 Å². The Morgan fingerprint density at radius 3 is 2.39 bits per heavy atom. The van der Waals surface area contributed by atoms with Crippen LogP contribution in [0.1, 0.15) is 10.4 Å². The molecule has 7 nitrogen and oxygen atoms in total. The van der Waals surface area contributed by atoms with Gasteiger partial charge in [0, 0.05) is 23.6 Å². The summed E-state index contributed by atoms with van der Waals surface area (Å²) in [5.41, 5.74) is 11.3.